The van der Waals surface area contributed by atoms with Crippen molar-refractivity contribution in [3.05, 3.63) is 35.3 Å². The molecule has 1 aromatic carbocycles. The molecule has 0 radical (unpaired) electrons. The number of thiazole rings is 1. The maximum atomic E-state index is 8.95. The Morgan fingerprint density at radius 2 is 2.07 bits per heavy atom. The van der Waals surface area contributed by atoms with Crippen molar-refractivity contribution in [3.8, 4) is 10.6 Å². The number of benzene rings is 1. The van der Waals surface area contributed by atoms with Gasteiger partial charge in [0.15, 0.2) is 0 Å². The Labute approximate surface area is 97.0 Å². The van der Waals surface area contributed by atoms with E-state index in [2.05, 4.69) is 35.5 Å². The standard InChI is InChI=1S/C11H11NOS2/c1-14-9-4-2-8(3-5-9)11-12-6-10(7-13)15-11/h2-6,13H,7H2,1H3. The molecule has 0 aliphatic heterocycles. The summed E-state index contributed by atoms with van der Waals surface area (Å²) in [7, 11) is 0. The molecule has 1 N–H and O–H groups in total. The number of aromatic nitrogens is 1. The van der Waals surface area contributed by atoms with E-state index in [0.29, 0.717) is 0 Å². The Kier molecular flexibility index (Phi) is 3.41. The molecule has 15 heavy (non-hydrogen) atoms. The Hall–Kier alpha value is -0.840. The number of thioether (sulfide) groups is 1. The average molecular weight is 237 g/mol. The van der Waals surface area contributed by atoms with Gasteiger partial charge in [-0.15, -0.1) is 23.1 Å². The maximum absolute atomic E-state index is 8.95. The Bertz CT molecular complexity index is 436. The maximum Gasteiger partial charge on any atom is 0.123 e. The lowest BCUT2D eigenvalue weighted by atomic mass is 10.2. The van der Waals surface area contributed by atoms with Crippen molar-refractivity contribution in [2.45, 2.75) is 11.5 Å². The van der Waals surface area contributed by atoms with Gasteiger partial charge < -0.3 is 5.11 Å². The molecule has 0 fully saturated rings. The molecule has 2 nitrogen and oxygen atoms in total. The van der Waals surface area contributed by atoms with Crippen molar-refractivity contribution in [1.82, 2.24) is 4.98 Å². The number of rotatable bonds is 3. The SMILES string of the molecule is CSc1ccc(-c2ncc(CO)s2)cc1. The van der Waals surface area contributed by atoms with E-state index in [1.807, 2.05) is 0 Å². The number of hydrogen-bond donors (Lipinski definition) is 1. The van der Waals surface area contributed by atoms with Crippen LogP contribution in [0.15, 0.2) is 35.4 Å². The lowest BCUT2D eigenvalue weighted by Crippen LogP contribution is -1.75. The number of hydrogen-bond acceptors (Lipinski definition) is 4. The molecule has 0 saturated carbocycles. The highest BCUT2D eigenvalue weighted by molar-refractivity contribution is 7.98. The predicted octanol–water partition coefficient (Wildman–Crippen LogP) is 3.02. The molecule has 2 aromatic rings. The molecule has 2 rings (SSSR count). The lowest BCUT2D eigenvalue weighted by Gasteiger charge is -1.98. The van der Waals surface area contributed by atoms with Crippen molar-refractivity contribution < 1.29 is 5.11 Å². The molecule has 1 aromatic heterocycles. The summed E-state index contributed by atoms with van der Waals surface area (Å²) in [6, 6.07) is 8.29. The second kappa shape index (κ2) is 4.79. The first kappa shape index (κ1) is 10.7. The van der Waals surface area contributed by atoms with Crippen LogP contribution >= 0.6 is 23.1 Å². The third kappa shape index (κ3) is 2.40. The summed E-state index contributed by atoms with van der Waals surface area (Å²) < 4.78 is 0. The fourth-order valence-corrected chi connectivity index (χ4v) is 2.43. The van der Waals surface area contributed by atoms with Crippen LogP contribution in [-0.2, 0) is 6.61 Å². The molecule has 0 aliphatic rings. The first-order chi connectivity index (χ1) is 7.33. The predicted molar refractivity (Wildman–Crippen MR) is 65.3 cm³/mol. The average Bonchev–Trinajstić information content (AvgIpc) is 2.78. The lowest BCUT2D eigenvalue weighted by molar-refractivity contribution is 0.285. The van der Waals surface area contributed by atoms with E-state index in [0.717, 1.165) is 15.4 Å². The van der Waals surface area contributed by atoms with Gasteiger partial charge in [0.25, 0.3) is 0 Å². The summed E-state index contributed by atoms with van der Waals surface area (Å²) in [5, 5.41) is 9.91. The van der Waals surface area contributed by atoms with E-state index in [1.165, 1.54) is 16.2 Å². The van der Waals surface area contributed by atoms with E-state index in [-0.39, 0.29) is 6.61 Å². The fourth-order valence-electron chi connectivity index (χ4n) is 1.25. The zero-order chi connectivity index (χ0) is 10.7. The van der Waals surface area contributed by atoms with Gasteiger partial charge in [0.2, 0.25) is 0 Å². The van der Waals surface area contributed by atoms with E-state index in [4.69, 9.17) is 5.11 Å². The van der Waals surface area contributed by atoms with Gasteiger partial charge in [0, 0.05) is 16.7 Å². The van der Waals surface area contributed by atoms with Crippen LogP contribution in [0.4, 0.5) is 0 Å². The van der Waals surface area contributed by atoms with Crippen molar-refractivity contribution in [2.24, 2.45) is 0 Å². The van der Waals surface area contributed by atoms with Gasteiger partial charge >= 0.3 is 0 Å². The fraction of sp³-hybridized carbons (Fsp3) is 0.182. The molecule has 0 saturated heterocycles. The summed E-state index contributed by atoms with van der Waals surface area (Å²) in [6.07, 6.45) is 3.78. The Morgan fingerprint density at radius 1 is 1.33 bits per heavy atom. The Balaban J connectivity index is 2.28. The highest BCUT2D eigenvalue weighted by Gasteiger charge is 2.03. The first-order valence-electron chi connectivity index (χ1n) is 4.53. The third-order valence-corrected chi connectivity index (χ3v) is 3.82. The largest absolute Gasteiger partial charge is 0.391 e. The first-order valence-corrected chi connectivity index (χ1v) is 6.57. The highest BCUT2D eigenvalue weighted by atomic mass is 32.2. The molecule has 78 valence electrons. The van der Waals surface area contributed by atoms with Crippen molar-refractivity contribution in [1.29, 1.82) is 0 Å². The van der Waals surface area contributed by atoms with E-state index < -0.39 is 0 Å². The summed E-state index contributed by atoms with van der Waals surface area (Å²) in [5.41, 5.74) is 1.11. The number of aliphatic hydroxyl groups excluding tert-OH is 1. The van der Waals surface area contributed by atoms with Gasteiger partial charge in [-0.25, -0.2) is 4.98 Å². The summed E-state index contributed by atoms with van der Waals surface area (Å²) >= 11 is 3.26. The minimum Gasteiger partial charge on any atom is -0.391 e. The smallest absolute Gasteiger partial charge is 0.123 e. The molecule has 0 atom stereocenters. The van der Waals surface area contributed by atoms with Gasteiger partial charge in [-0.2, -0.15) is 0 Å². The van der Waals surface area contributed by atoms with Crippen LogP contribution in [0.1, 0.15) is 4.88 Å². The van der Waals surface area contributed by atoms with Crippen molar-refractivity contribution in [2.75, 3.05) is 6.26 Å². The molecule has 0 unspecified atom stereocenters. The van der Waals surface area contributed by atoms with Gasteiger partial charge in [0.05, 0.1) is 11.5 Å². The summed E-state index contributed by atoms with van der Waals surface area (Å²) in [6.45, 7) is 0.0700. The molecule has 4 heteroatoms. The van der Waals surface area contributed by atoms with Crippen molar-refractivity contribution in [3.63, 3.8) is 0 Å². The quantitative estimate of drug-likeness (QED) is 0.833. The van der Waals surface area contributed by atoms with Crippen molar-refractivity contribution >= 4 is 23.1 Å². The van der Waals surface area contributed by atoms with Crippen LogP contribution in [0, 0.1) is 0 Å². The molecule has 1 heterocycles. The van der Waals surface area contributed by atoms with Crippen LogP contribution < -0.4 is 0 Å². The van der Waals surface area contributed by atoms with E-state index >= 15 is 0 Å². The van der Waals surface area contributed by atoms with Gasteiger partial charge in [-0.3, -0.25) is 0 Å². The minimum atomic E-state index is 0.0700. The molecular weight excluding hydrogens is 226 g/mol. The zero-order valence-corrected chi connectivity index (χ0v) is 9.94. The van der Waals surface area contributed by atoms with Crippen LogP contribution in [0.25, 0.3) is 10.6 Å². The monoisotopic (exact) mass is 237 g/mol. The third-order valence-electron chi connectivity index (χ3n) is 2.05. The van der Waals surface area contributed by atoms with E-state index in [9.17, 15) is 0 Å². The van der Waals surface area contributed by atoms with Gasteiger partial charge in [0.1, 0.15) is 5.01 Å². The van der Waals surface area contributed by atoms with Crippen LogP contribution in [0.3, 0.4) is 0 Å². The molecular formula is C11H11NOS2. The normalized spacial score (nSPS) is 10.5. The molecule has 0 amide bonds. The minimum absolute atomic E-state index is 0.0700. The summed E-state index contributed by atoms with van der Waals surface area (Å²) in [4.78, 5) is 6.41. The van der Waals surface area contributed by atoms with Gasteiger partial charge in [-0.1, -0.05) is 12.1 Å². The second-order valence-corrected chi connectivity index (χ2v) is 5.01. The number of nitrogens with zero attached hydrogens (tertiary/aromatic N) is 1. The van der Waals surface area contributed by atoms with Crippen LogP contribution in [0.5, 0.6) is 0 Å². The molecule has 0 spiro atoms. The van der Waals surface area contributed by atoms with E-state index in [1.54, 1.807) is 18.0 Å². The topological polar surface area (TPSA) is 33.1 Å². The second-order valence-electron chi connectivity index (χ2n) is 3.02. The molecule has 0 aliphatic carbocycles. The zero-order valence-electron chi connectivity index (χ0n) is 8.30. The van der Waals surface area contributed by atoms with Gasteiger partial charge in [-0.05, 0) is 18.4 Å². The van der Waals surface area contributed by atoms with Crippen LogP contribution in [0.2, 0.25) is 0 Å². The Morgan fingerprint density at radius 3 is 2.60 bits per heavy atom. The summed E-state index contributed by atoms with van der Waals surface area (Å²) in [5.74, 6) is 0. The molecule has 0 bridgehead atoms. The number of aliphatic hydroxyl groups is 1. The van der Waals surface area contributed by atoms with Crippen LogP contribution in [-0.4, -0.2) is 16.3 Å². The highest BCUT2D eigenvalue weighted by Crippen LogP contribution is 2.26.